The quantitative estimate of drug-likeness (QED) is 0.324. The number of carbonyl (C=O) groups is 2. The van der Waals surface area contributed by atoms with Crippen LogP contribution < -0.4 is 0 Å². The molecular weight excluding hydrogens is 206 g/mol. The van der Waals surface area contributed by atoms with Gasteiger partial charge in [-0.15, -0.1) is 5.26 Å². The molecule has 7 nitrogen and oxygen atoms in total. The highest BCUT2D eigenvalue weighted by Gasteiger charge is 2.05. The summed E-state index contributed by atoms with van der Waals surface area (Å²) in [6.07, 6.45) is 1.41. The molecule has 15 heavy (non-hydrogen) atoms. The van der Waals surface area contributed by atoms with Gasteiger partial charge in [-0.2, -0.15) is 0 Å². The maximum Gasteiger partial charge on any atom is 0.346 e. The largest absolute Gasteiger partial charge is 0.460 e. The summed E-state index contributed by atoms with van der Waals surface area (Å²) < 4.78 is 8.22. The van der Waals surface area contributed by atoms with Crippen molar-refractivity contribution in [2.24, 2.45) is 0 Å². The average Bonchev–Trinajstić information content (AvgIpc) is 2.23. The highest BCUT2D eigenvalue weighted by molar-refractivity contribution is 5.91. The van der Waals surface area contributed by atoms with Gasteiger partial charge in [0.05, 0.1) is 6.61 Å². The molecule has 7 heteroatoms. The van der Waals surface area contributed by atoms with Crippen LogP contribution in [0.4, 0.5) is 0 Å². The molecule has 0 fully saturated rings. The van der Waals surface area contributed by atoms with Crippen LogP contribution in [0, 0.1) is 11.5 Å². The van der Waals surface area contributed by atoms with E-state index in [4.69, 9.17) is 15.5 Å². The third-order valence-electron chi connectivity index (χ3n) is 1.13. The molecule has 0 aliphatic rings. The molecule has 0 spiro atoms. The molecule has 0 radical (unpaired) electrons. The lowest BCUT2D eigenvalue weighted by Crippen LogP contribution is -2.21. The maximum absolute atomic E-state index is 10.8. The molecule has 0 aliphatic carbocycles. The van der Waals surface area contributed by atoms with Crippen molar-refractivity contribution in [3.63, 3.8) is 0 Å². The molecule has 0 rings (SSSR count). The number of ether oxygens (including phenoxy) is 2. The van der Waals surface area contributed by atoms with Crippen LogP contribution in [0.15, 0.2) is 12.2 Å². The Morgan fingerprint density at radius 2 is 2.00 bits per heavy atom. The zero-order valence-corrected chi connectivity index (χ0v) is 7.62. The van der Waals surface area contributed by atoms with Gasteiger partial charge in [0.2, 0.25) is 0 Å². The van der Waals surface area contributed by atoms with Gasteiger partial charge in [-0.05, 0) is 0 Å². The highest BCUT2D eigenvalue weighted by Crippen LogP contribution is 1.88. The zero-order valence-electron chi connectivity index (χ0n) is 7.62. The monoisotopic (exact) mass is 215 g/mol. The Balaban J connectivity index is 3.84. The fraction of sp³-hybridized carbons (Fsp3) is 0.375. The van der Waals surface area contributed by atoms with Crippen LogP contribution in [-0.4, -0.2) is 41.5 Å². The predicted molar refractivity (Wildman–Crippen MR) is 44.9 cm³/mol. The summed E-state index contributed by atoms with van der Waals surface area (Å²) in [6, 6.07) is 0. The zero-order chi connectivity index (χ0) is 11.7. The minimum Gasteiger partial charge on any atom is -0.460 e. The van der Waals surface area contributed by atoms with E-state index in [1.807, 2.05) is 0 Å². The van der Waals surface area contributed by atoms with Gasteiger partial charge < -0.3 is 19.7 Å². The fourth-order valence-corrected chi connectivity index (χ4v) is 0.494. The molecule has 0 amide bonds. The molecule has 82 valence electrons. The fourth-order valence-electron chi connectivity index (χ4n) is 0.494. The number of esters is 2. The Morgan fingerprint density at radius 3 is 2.53 bits per heavy atom. The maximum atomic E-state index is 10.8. The molecule has 0 aromatic heterocycles. The van der Waals surface area contributed by atoms with Crippen molar-refractivity contribution in [1.29, 1.82) is 5.26 Å². The first-order chi connectivity index (χ1) is 7.10. The standard InChI is InChI=1S/C8H9NO6/c9-5-15-8(13)2-1-7(12)14-4-6(11)3-10/h1-2,6,10-11H,3-4H2/b2-1+. The summed E-state index contributed by atoms with van der Waals surface area (Å²) in [7, 11) is 0. The van der Waals surface area contributed by atoms with Crippen molar-refractivity contribution in [2.45, 2.75) is 6.10 Å². The number of carbonyl (C=O) groups excluding carboxylic acids is 2. The lowest BCUT2D eigenvalue weighted by molar-refractivity contribution is -0.142. The van der Waals surface area contributed by atoms with E-state index in [1.54, 1.807) is 0 Å². The lowest BCUT2D eigenvalue weighted by Gasteiger charge is -2.05. The molecule has 0 aromatic rings. The van der Waals surface area contributed by atoms with E-state index < -0.39 is 24.6 Å². The van der Waals surface area contributed by atoms with Crippen molar-refractivity contribution in [3.05, 3.63) is 12.2 Å². The minimum atomic E-state index is -1.16. The van der Waals surface area contributed by atoms with Gasteiger partial charge in [0.1, 0.15) is 12.7 Å². The van der Waals surface area contributed by atoms with Crippen molar-refractivity contribution in [1.82, 2.24) is 0 Å². The highest BCUT2D eigenvalue weighted by atomic mass is 16.5. The Labute approximate surface area is 85.1 Å². The summed E-state index contributed by atoms with van der Waals surface area (Å²) >= 11 is 0. The summed E-state index contributed by atoms with van der Waals surface area (Å²) in [4.78, 5) is 21.3. The van der Waals surface area contributed by atoms with Crippen LogP contribution in [0.5, 0.6) is 0 Å². The second kappa shape index (κ2) is 7.49. The molecule has 0 heterocycles. The predicted octanol–water partition coefficient (Wildman–Crippen LogP) is -1.54. The Hall–Kier alpha value is -1.91. The molecular formula is C8H9NO6. The van der Waals surface area contributed by atoms with Gasteiger partial charge in [-0.3, -0.25) is 0 Å². The van der Waals surface area contributed by atoms with Gasteiger partial charge >= 0.3 is 11.9 Å². The van der Waals surface area contributed by atoms with E-state index in [0.29, 0.717) is 6.08 Å². The summed E-state index contributed by atoms with van der Waals surface area (Å²) in [5.41, 5.74) is 0. The number of aliphatic hydroxyl groups is 2. The van der Waals surface area contributed by atoms with Gasteiger partial charge in [0, 0.05) is 12.2 Å². The van der Waals surface area contributed by atoms with Crippen molar-refractivity contribution in [2.75, 3.05) is 13.2 Å². The topological polar surface area (TPSA) is 117 Å². The molecule has 0 aliphatic heterocycles. The minimum absolute atomic E-state index is 0.382. The van der Waals surface area contributed by atoms with Crippen LogP contribution in [0.1, 0.15) is 0 Å². The van der Waals surface area contributed by atoms with Gasteiger partial charge in [0.25, 0.3) is 6.26 Å². The number of hydrogen-bond acceptors (Lipinski definition) is 7. The van der Waals surface area contributed by atoms with E-state index in [0.717, 1.165) is 12.3 Å². The van der Waals surface area contributed by atoms with E-state index >= 15 is 0 Å². The number of hydrogen-bond donors (Lipinski definition) is 2. The lowest BCUT2D eigenvalue weighted by atomic mass is 10.4. The summed E-state index contributed by atoms with van der Waals surface area (Å²) in [5, 5.41) is 25.1. The molecule has 0 bridgehead atoms. The first-order valence-electron chi connectivity index (χ1n) is 3.83. The van der Waals surface area contributed by atoms with Crippen LogP contribution in [-0.2, 0) is 19.1 Å². The molecule has 2 N–H and O–H groups in total. The van der Waals surface area contributed by atoms with Crippen molar-refractivity contribution < 1.29 is 29.3 Å². The third-order valence-corrected chi connectivity index (χ3v) is 1.13. The first kappa shape index (κ1) is 13.1. The number of nitrogens with zero attached hydrogens (tertiary/aromatic N) is 1. The average molecular weight is 215 g/mol. The molecule has 1 unspecified atom stereocenters. The number of aliphatic hydroxyl groups excluding tert-OH is 2. The second-order valence-corrected chi connectivity index (χ2v) is 2.31. The van der Waals surface area contributed by atoms with Gasteiger partial charge in [-0.1, -0.05) is 0 Å². The van der Waals surface area contributed by atoms with Crippen LogP contribution in [0.25, 0.3) is 0 Å². The Bertz CT molecular complexity index is 292. The SMILES string of the molecule is N#COC(=O)/C=C/C(=O)OCC(O)CO. The van der Waals surface area contributed by atoms with Gasteiger partial charge in [0.15, 0.2) is 0 Å². The Morgan fingerprint density at radius 1 is 1.40 bits per heavy atom. The first-order valence-corrected chi connectivity index (χ1v) is 3.83. The van der Waals surface area contributed by atoms with E-state index in [9.17, 15) is 9.59 Å². The Kier molecular flexibility index (Phi) is 6.54. The second-order valence-electron chi connectivity index (χ2n) is 2.31. The summed E-state index contributed by atoms with van der Waals surface area (Å²) in [6.45, 7) is -0.916. The van der Waals surface area contributed by atoms with E-state index in [1.165, 1.54) is 0 Å². The number of rotatable bonds is 5. The normalized spacial score (nSPS) is 11.8. The number of nitriles is 1. The van der Waals surface area contributed by atoms with Crippen molar-refractivity contribution in [3.8, 4) is 6.26 Å². The van der Waals surface area contributed by atoms with Crippen LogP contribution >= 0.6 is 0 Å². The molecule has 0 saturated carbocycles. The summed E-state index contributed by atoms with van der Waals surface area (Å²) in [5.74, 6) is -1.89. The van der Waals surface area contributed by atoms with E-state index in [2.05, 4.69) is 9.47 Å². The van der Waals surface area contributed by atoms with E-state index in [-0.39, 0.29) is 6.61 Å². The smallest absolute Gasteiger partial charge is 0.346 e. The third kappa shape index (κ3) is 7.18. The van der Waals surface area contributed by atoms with Crippen LogP contribution in [0.2, 0.25) is 0 Å². The van der Waals surface area contributed by atoms with Crippen molar-refractivity contribution >= 4 is 11.9 Å². The molecule has 0 saturated heterocycles. The molecule has 0 aromatic carbocycles. The molecule has 1 atom stereocenters. The van der Waals surface area contributed by atoms with Crippen LogP contribution in [0.3, 0.4) is 0 Å². The van der Waals surface area contributed by atoms with Gasteiger partial charge in [-0.25, -0.2) is 9.59 Å².